The SMILES string of the molecule is CC(/C=C\C(F)=C(C)C(F)(F)F)=NC(=O)N(C1CC1)C1CCN(Cc2ccccc2)CC1. The molecule has 1 aromatic rings. The molecule has 2 aliphatic rings. The van der Waals surface area contributed by atoms with Crippen LogP contribution in [0, 0.1) is 0 Å². The van der Waals surface area contributed by atoms with E-state index in [1.165, 1.54) is 12.5 Å². The fourth-order valence-corrected chi connectivity index (χ4v) is 3.86. The van der Waals surface area contributed by atoms with Gasteiger partial charge in [-0.15, -0.1) is 0 Å². The lowest BCUT2D eigenvalue weighted by Crippen LogP contribution is -2.47. The van der Waals surface area contributed by atoms with Gasteiger partial charge in [-0.3, -0.25) is 4.90 Å². The Labute approximate surface area is 186 Å². The highest BCUT2D eigenvalue weighted by molar-refractivity contribution is 6.00. The van der Waals surface area contributed by atoms with E-state index in [2.05, 4.69) is 22.0 Å². The second-order valence-corrected chi connectivity index (χ2v) is 8.47. The van der Waals surface area contributed by atoms with E-state index in [1.807, 2.05) is 23.1 Å². The van der Waals surface area contributed by atoms with Crippen LogP contribution < -0.4 is 0 Å². The van der Waals surface area contributed by atoms with Crippen molar-refractivity contribution in [2.75, 3.05) is 13.1 Å². The van der Waals surface area contributed by atoms with Crippen LogP contribution in [0.5, 0.6) is 0 Å². The molecule has 0 atom stereocenters. The van der Waals surface area contributed by atoms with Crippen LogP contribution in [0.1, 0.15) is 45.1 Å². The van der Waals surface area contributed by atoms with Gasteiger partial charge in [-0.05, 0) is 57.2 Å². The highest BCUT2D eigenvalue weighted by atomic mass is 19.4. The van der Waals surface area contributed by atoms with Crippen LogP contribution in [0.15, 0.2) is 58.9 Å². The van der Waals surface area contributed by atoms with E-state index >= 15 is 0 Å². The average molecular weight is 452 g/mol. The quantitative estimate of drug-likeness (QED) is 0.300. The number of alkyl halides is 3. The normalized spacial score (nSPS) is 19.9. The summed E-state index contributed by atoms with van der Waals surface area (Å²) in [6.45, 7) is 4.80. The van der Waals surface area contributed by atoms with E-state index in [1.54, 1.807) is 0 Å². The number of rotatable bonds is 6. The van der Waals surface area contributed by atoms with Crippen molar-refractivity contribution in [2.45, 2.75) is 64.3 Å². The summed E-state index contributed by atoms with van der Waals surface area (Å²) in [5.74, 6) is -1.38. The number of hydrogen-bond donors (Lipinski definition) is 0. The van der Waals surface area contributed by atoms with Gasteiger partial charge in [0.05, 0.1) is 5.57 Å². The molecule has 4 nitrogen and oxygen atoms in total. The number of amides is 2. The molecule has 174 valence electrons. The Balaban J connectivity index is 1.60. The molecule has 0 unspecified atom stereocenters. The van der Waals surface area contributed by atoms with Gasteiger partial charge >= 0.3 is 12.2 Å². The van der Waals surface area contributed by atoms with Crippen molar-refractivity contribution in [3.8, 4) is 0 Å². The second-order valence-electron chi connectivity index (χ2n) is 8.47. The molecule has 0 spiro atoms. The topological polar surface area (TPSA) is 35.9 Å². The van der Waals surface area contributed by atoms with Crippen molar-refractivity contribution >= 4 is 11.7 Å². The third-order valence-corrected chi connectivity index (χ3v) is 5.89. The summed E-state index contributed by atoms with van der Waals surface area (Å²) < 4.78 is 51.4. The molecule has 1 aliphatic carbocycles. The number of carbonyl (C=O) groups excluding carboxylic acids is 1. The van der Waals surface area contributed by atoms with Crippen molar-refractivity contribution in [3.63, 3.8) is 0 Å². The molecular formula is C24H29F4N3O. The predicted molar refractivity (Wildman–Crippen MR) is 117 cm³/mol. The molecule has 2 amide bonds. The maximum Gasteiger partial charge on any atom is 0.415 e. The number of piperidine rings is 1. The number of nitrogens with zero attached hydrogens (tertiary/aromatic N) is 3. The molecule has 8 heteroatoms. The van der Waals surface area contributed by atoms with Crippen LogP contribution in [0.4, 0.5) is 22.4 Å². The van der Waals surface area contributed by atoms with Gasteiger partial charge in [-0.2, -0.15) is 18.2 Å². The zero-order chi connectivity index (χ0) is 23.3. The number of likely N-dealkylation sites (tertiary alicyclic amines) is 1. The summed E-state index contributed by atoms with van der Waals surface area (Å²) >= 11 is 0. The van der Waals surface area contributed by atoms with Crippen molar-refractivity contribution in [1.82, 2.24) is 9.80 Å². The Morgan fingerprint density at radius 3 is 2.22 bits per heavy atom. The standard InChI is InChI=1S/C24H29F4N3O/c1-17(8-11-22(25)18(2)24(26,27)28)29-23(32)31(20-9-10-20)21-12-14-30(15-13-21)16-19-6-4-3-5-7-19/h3-8,11,20-21H,9-10,12-16H2,1-2H3/b11-8-,22-18?,29-17?. The van der Waals surface area contributed by atoms with Gasteiger partial charge < -0.3 is 4.90 Å². The van der Waals surface area contributed by atoms with Gasteiger partial charge in [0.1, 0.15) is 5.83 Å². The first-order valence-electron chi connectivity index (χ1n) is 10.9. The number of carbonyl (C=O) groups is 1. The maximum absolute atomic E-state index is 13.7. The fourth-order valence-electron chi connectivity index (χ4n) is 3.86. The Bertz CT molecular complexity index is 880. The molecule has 0 N–H and O–H groups in total. The van der Waals surface area contributed by atoms with Crippen LogP contribution in [0.2, 0.25) is 0 Å². The lowest BCUT2D eigenvalue weighted by molar-refractivity contribution is -0.0929. The predicted octanol–water partition coefficient (Wildman–Crippen LogP) is 6.06. The molecule has 1 saturated carbocycles. The van der Waals surface area contributed by atoms with E-state index in [-0.39, 0.29) is 17.8 Å². The minimum Gasteiger partial charge on any atom is -0.317 e. The Hall–Kier alpha value is -2.48. The van der Waals surface area contributed by atoms with Crippen molar-refractivity contribution in [3.05, 3.63) is 59.4 Å². The Kier molecular flexibility index (Phi) is 7.87. The largest absolute Gasteiger partial charge is 0.415 e. The van der Waals surface area contributed by atoms with Crippen LogP contribution in [0.25, 0.3) is 0 Å². The minimum absolute atomic E-state index is 0.0895. The molecule has 0 bridgehead atoms. The zero-order valence-electron chi connectivity index (χ0n) is 18.4. The number of hydrogen-bond acceptors (Lipinski definition) is 2. The van der Waals surface area contributed by atoms with Gasteiger partial charge in [0.2, 0.25) is 0 Å². The molecule has 2 fully saturated rings. The lowest BCUT2D eigenvalue weighted by Gasteiger charge is -2.38. The molecular weight excluding hydrogens is 422 g/mol. The smallest absolute Gasteiger partial charge is 0.317 e. The van der Waals surface area contributed by atoms with E-state index in [0.717, 1.165) is 51.4 Å². The number of urea groups is 1. The monoisotopic (exact) mass is 451 g/mol. The van der Waals surface area contributed by atoms with E-state index in [0.29, 0.717) is 13.0 Å². The summed E-state index contributed by atoms with van der Waals surface area (Å²) in [5.41, 5.74) is 0.122. The number of halogens is 4. The molecule has 1 heterocycles. The summed E-state index contributed by atoms with van der Waals surface area (Å²) in [6, 6.07) is 10.1. The summed E-state index contributed by atoms with van der Waals surface area (Å²) in [4.78, 5) is 21.1. The third kappa shape index (κ3) is 6.76. The van der Waals surface area contributed by atoms with Crippen molar-refractivity contribution in [2.24, 2.45) is 4.99 Å². The van der Waals surface area contributed by atoms with Crippen LogP contribution >= 0.6 is 0 Å². The first-order valence-corrected chi connectivity index (χ1v) is 10.9. The van der Waals surface area contributed by atoms with E-state index in [9.17, 15) is 22.4 Å². The molecule has 1 aromatic carbocycles. The second kappa shape index (κ2) is 10.4. The van der Waals surface area contributed by atoms with Crippen LogP contribution in [0.3, 0.4) is 0 Å². The van der Waals surface area contributed by atoms with Crippen LogP contribution in [-0.2, 0) is 6.54 Å². The Morgan fingerprint density at radius 1 is 1.06 bits per heavy atom. The molecule has 1 aliphatic heterocycles. The molecule has 1 saturated heterocycles. The first-order chi connectivity index (χ1) is 15.1. The molecule has 0 radical (unpaired) electrons. The first kappa shape index (κ1) is 24.2. The average Bonchev–Trinajstić information content (AvgIpc) is 3.58. The van der Waals surface area contributed by atoms with Gasteiger partial charge in [-0.25, -0.2) is 9.18 Å². The van der Waals surface area contributed by atoms with E-state index < -0.39 is 23.6 Å². The summed E-state index contributed by atoms with van der Waals surface area (Å²) in [6.07, 6.45) is 0.649. The molecule has 32 heavy (non-hydrogen) atoms. The lowest BCUT2D eigenvalue weighted by atomic mass is 10.0. The highest BCUT2D eigenvalue weighted by Crippen LogP contribution is 2.33. The van der Waals surface area contributed by atoms with E-state index in [4.69, 9.17) is 0 Å². The maximum atomic E-state index is 13.7. The highest BCUT2D eigenvalue weighted by Gasteiger charge is 2.38. The summed E-state index contributed by atoms with van der Waals surface area (Å²) in [5, 5.41) is 0. The van der Waals surface area contributed by atoms with Gasteiger partial charge in [0.25, 0.3) is 0 Å². The fraction of sp³-hybridized carbons (Fsp3) is 0.500. The number of aliphatic imine (C=N–C) groups is 1. The minimum atomic E-state index is -4.73. The van der Waals surface area contributed by atoms with Crippen molar-refractivity contribution in [1.29, 1.82) is 0 Å². The number of benzene rings is 1. The zero-order valence-corrected chi connectivity index (χ0v) is 18.4. The molecule has 3 rings (SSSR count). The Morgan fingerprint density at radius 2 is 1.66 bits per heavy atom. The van der Waals surface area contributed by atoms with Gasteiger partial charge in [0.15, 0.2) is 0 Å². The molecule has 0 aromatic heterocycles. The number of allylic oxidation sites excluding steroid dienone is 4. The van der Waals surface area contributed by atoms with Crippen LogP contribution in [-0.4, -0.2) is 52.9 Å². The van der Waals surface area contributed by atoms with Gasteiger partial charge in [-0.1, -0.05) is 30.3 Å². The third-order valence-electron chi connectivity index (χ3n) is 5.89. The summed E-state index contributed by atoms with van der Waals surface area (Å²) in [7, 11) is 0. The van der Waals surface area contributed by atoms with Gasteiger partial charge in [0, 0.05) is 37.4 Å². The van der Waals surface area contributed by atoms with Crippen molar-refractivity contribution < 1.29 is 22.4 Å².